The lowest BCUT2D eigenvalue weighted by Gasteiger charge is -2.22. The summed E-state index contributed by atoms with van der Waals surface area (Å²) in [6.07, 6.45) is 1.86. The molecule has 1 aromatic rings. The number of nitrogens with zero attached hydrogens (tertiary/aromatic N) is 1. The molecular weight excluding hydrogens is 274 g/mol. The standard InChI is InChI=1S/C14H19N3O4/c1-15-12-3-2-11(8-13(12)17(19)20)14(18)16-9-10-4-6-21-7-5-10/h2-3,8,10,15H,4-7,9H2,1H3,(H,16,18). The fourth-order valence-corrected chi connectivity index (χ4v) is 2.32. The summed E-state index contributed by atoms with van der Waals surface area (Å²) in [5.74, 6) is 0.126. The molecule has 1 aromatic carbocycles. The summed E-state index contributed by atoms with van der Waals surface area (Å²) in [5, 5.41) is 16.6. The highest BCUT2D eigenvalue weighted by atomic mass is 16.6. The maximum atomic E-state index is 12.1. The number of carbonyl (C=O) groups is 1. The Morgan fingerprint density at radius 3 is 2.76 bits per heavy atom. The lowest BCUT2D eigenvalue weighted by molar-refractivity contribution is -0.384. The van der Waals surface area contributed by atoms with Crippen molar-refractivity contribution >= 4 is 17.3 Å². The fraction of sp³-hybridized carbons (Fsp3) is 0.500. The van der Waals surface area contributed by atoms with Crippen molar-refractivity contribution in [3.63, 3.8) is 0 Å². The molecule has 1 amide bonds. The van der Waals surface area contributed by atoms with Crippen molar-refractivity contribution in [3.8, 4) is 0 Å². The minimum absolute atomic E-state index is 0.101. The van der Waals surface area contributed by atoms with Crippen LogP contribution in [0.25, 0.3) is 0 Å². The number of hydrogen-bond acceptors (Lipinski definition) is 5. The normalized spacial score (nSPS) is 15.5. The van der Waals surface area contributed by atoms with Crippen LogP contribution in [0, 0.1) is 16.0 Å². The third-order valence-electron chi connectivity index (χ3n) is 3.62. The van der Waals surface area contributed by atoms with Crippen LogP contribution < -0.4 is 10.6 Å². The minimum atomic E-state index is -0.499. The Kier molecular flexibility index (Phi) is 5.10. The van der Waals surface area contributed by atoms with Gasteiger partial charge in [-0.25, -0.2) is 0 Å². The maximum absolute atomic E-state index is 12.1. The van der Waals surface area contributed by atoms with Gasteiger partial charge in [-0.05, 0) is 30.9 Å². The van der Waals surface area contributed by atoms with Crippen LogP contribution in [0.1, 0.15) is 23.2 Å². The van der Waals surface area contributed by atoms with Gasteiger partial charge in [-0.3, -0.25) is 14.9 Å². The molecule has 1 aliphatic rings. The lowest BCUT2D eigenvalue weighted by Crippen LogP contribution is -2.32. The Hall–Kier alpha value is -2.15. The average Bonchev–Trinajstić information content (AvgIpc) is 2.52. The number of benzene rings is 1. The molecule has 0 unspecified atom stereocenters. The molecule has 0 radical (unpaired) electrons. The molecule has 21 heavy (non-hydrogen) atoms. The van der Waals surface area contributed by atoms with E-state index in [0.717, 1.165) is 26.1 Å². The van der Waals surface area contributed by atoms with Crippen LogP contribution in [0.5, 0.6) is 0 Å². The number of hydrogen-bond donors (Lipinski definition) is 2. The highest BCUT2D eigenvalue weighted by Crippen LogP contribution is 2.25. The van der Waals surface area contributed by atoms with Crippen LogP contribution in [-0.4, -0.2) is 37.6 Å². The number of carbonyl (C=O) groups excluding carboxylic acids is 1. The van der Waals surface area contributed by atoms with Gasteiger partial charge in [0.05, 0.1) is 4.92 Å². The number of ether oxygens (including phenoxy) is 1. The zero-order valence-electron chi connectivity index (χ0n) is 11.9. The zero-order valence-corrected chi connectivity index (χ0v) is 11.9. The van der Waals surface area contributed by atoms with E-state index in [0.29, 0.717) is 23.7 Å². The van der Waals surface area contributed by atoms with Crippen LogP contribution in [0.15, 0.2) is 18.2 Å². The number of nitro benzene ring substituents is 1. The monoisotopic (exact) mass is 293 g/mol. The van der Waals surface area contributed by atoms with Crippen LogP contribution >= 0.6 is 0 Å². The predicted octanol–water partition coefficient (Wildman–Crippen LogP) is 1.79. The van der Waals surface area contributed by atoms with Crippen LogP contribution in [0.4, 0.5) is 11.4 Å². The second-order valence-electron chi connectivity index (χ2n) is 5.00. The first-order chi connectivity index (χ1) is 10.1. The van der Waals surface area contributed by atoms with E-state index < -0.39 is 4.92 Å². The van der Waals surface area contributed by atoms with Gasteiger partial charge in [0.15, 0.2) is 0 Å². The van der Waals surface area contributed by atoms with Gasteiger partial charge in [-0.15, -0.1) is 0 Å². The summed E-state index contributed by atoms with van der Waals surface area (Å²) in [7, 11) is 1.60. The molecule has 0 bridgehead atoms. The van der Waals surface area contributed by atoms with Gasteiger partial charge < -0.3 is 15.4 Å². The van der Waals surface area contributed by atoms with Gasteiger partial charge in [0.25, 0.3) is 11.6 Å². The SMILES string of the molecule is CNc1ccc(C(=O)NCC2CCOCC2)cc1[N+](=O)[O-]. The van der Waals surface area contributed by atoms with E-state index in [-0.39, 0.29) is 11.6 Å². The van der Waals surface area contributed by atoms with E-state index in [1.165, 1.54) is 6.07 Å². The van der Waals surface area contributed by atoms with E-state index in [2.05, 4.69) is 10.6 Å². The minimum Gasteiger partial charge on any atom is -0.383 e. The summed E-state index contributed by atoms with van der Waals surface area (Å²) < 4.78 is 5.26. The number of nitrogens with one attached hydrogen (secondary N) is 2. The third-order valence-corrected chi connectivity index (χ3v) is 3.62. The van der Waals surface area contributed by atoms with Gasteiger partial charge in [0, 0.05) is 38.4 Å². The van der Waals surface area contributed by atoms with Crippen LogP contribution in [0.3, 0.4) is 0 Å². The highest BCUT2D eigenvalue weighted by Gasteiger charge is 2.18. The molecule has 1 fully saturated rings. The molecule has 7 nitrogen and oxygen atoms in total. The maximum Gasteiger partial charge on any atom is 0.293 e. The molecule has 0 atom stereocenters. The van der Waals surface area contributed by atoms with Gasteiger partial charge in [0.2, 0.25) is 0 Å². The molecule has 0 aliphatic carbocycles. The van der Waals surface area contributed by atoms with Gasteiger partial charge in [0.1, 0.15) is 5.69 Å². The number of anilines is 1. The molecule has 114 valence electrons. The van der Waals surface area contributed by atoms with Crippen molar-refractivity contribution in [3.05, 3.63) is 33.9 Å². The topological polar surface area (TPSA) is 93.5 Å². The Morgan fingerprint density at radius 1 is 1.43 bits per heavy atom. The Labute approximate surface area is 122 Å². The quantitative estimate of drug-likeness (QED) is 0.637. The average molecular weight is 293 g/mol. The van der Waals surface area contributed by atoms with Crippen molar-refractivity contribution in [2.45, 2.75) is 12.8 Å². The highest BCUT2D eigenvalue weighted by molar-refractivity contribution is 5.95. The fourth-order valence-electron chi connectivity index (χ4n) is 2.32. The van der Waals surface area contributed by atoms with E-state index >= 15 is 0 Å². The second kappa shape index (κ2) is 7.03. The molecule has 1 aliphatic heterocycles. The summed E-state index contributed by atoms with van der Waals surface area (Å²) in [5.41, 5.74) is 0.588. The van der Waals surface area contributed by atoms with Gasteiger partial charge in [-0.2, -0.15) is 0 Å². The smallest absolute Gasteiger partial charge is 0.293 e. The van der Waals surface area contributed by atoms with E-state index in [4.69, 9.17) is 4.74 Å². The summed E-state index contributed by atoms with van der Waals surface area (Å²) in [4.78, 5) is 22.6. The van der Waals surface area contributed by atoms with E-state index in [1.54, 1.807) is 19.2 Å². The Balaban J connectivity index is 2.01. The molecule has 2 rings (SSSR count). The van der Waals surface area contributed by atoms with Gasteiger partial charge in [-0.1, -0.05) is 0 Å². The zero-order chi connectivity index (χ0) is 15.2. The van der Waals surface area contributed by atoms with Crippen molar-refractivity contribution in [1.82, 2.24) is 5.32 Å². The largest absolute Gasteiger partial charge is 0.383 e. The number of nitro groups is 1. The van der Waals surface area contributed by atoms with Crippen molar-refractivity contribution in [2.24, 2.45) is 5.92 Å². The van der Waals surface area contributed by atoms with Gasteiger partial charge >= 0.3 is 0 Å². The molecule has 1 heterocycles. The Bertz CT molecular complexity index is 527. The second-order valence-corrected chi connectivity index (χ2v) is 5.00. The molecule has 1 saturated heterocycles. The molecule has 0 saturated carbocycles. The van der Waals surface area contributed by atoms with E-state index in [9.17, 15) is 14.9 Å². The van der Waals surface area contributed by atoms with Crippen LogP contribution in [0.2, 0.25) is 0 Å². The molecule has 7 heteroatoms. The van der Waals surface area contributed by atoms with Crippen molar-refractivity contribution in [2.75, 3.05) is 32.1 Å². The first-order valence-corrected chi connectivity index (χ1v) is 6.94. The number of rotatable bonds is 5. The van der Waals surface area contributed by atoms with Crippen molar-refractivity contribution < 1.29 is 14.5 Å². The Morgan fingerprint density at radius 2 is 2.14 bits per heavy atom. The van der Waals surface area contributed by atoms with Crippen LogP contribution in [-0.2, 0) is 4.74 Å². The third kappa shape index (κ3) is 3.91. The predicted molar refractivity (Wildman–Crippen MR) is 78.5 cm³/mol. The van der Waals surface area contributed by atoms with E-state index in [1.807, 2.05) is 0 Å². The summed E-state index contributed by atoms with van der Waals surface area (Å²) in [6.45, 7) is 2.02. The molecular formula is C14H19N3O4. The molecule has 0 aromatic heterocycles. The summed E-state index contributed by atoms with van der Waals surface area (Å²) in [6, 6.07) is 4.42. The molecule has 2 N–H and O–H groups in total. The number of amides is 1. The first-order valence-electron chi connectivity index (χ1n) is 6.94. The molecule has 0 spiro atoms. The lowest BCUT2D eigenvalue weighted by atomic mass is 10.0. The first kappa shape index (κ1) is 15.2. The summed E-state index contributed by atoms with van der Waals surface area (Å²) >= 11 is 0. The van der Waals surface area contributed by atoms with Crippen molar-refractivity contribution in [1.29, 1.82) is 0 Å².